The smallest absolute Gasteiger partial charge is 2.00 e. The van der Waals surface area contributed by atoms with E-state index < -0.39 is 0 Å². The summed E-state index contributed by atoms with van der Waals surface area (Å²) in [4.78, 5) is 0. The molecule has 0 saturated heterocycles. The Labute approximate surface area is 120 Å². The average molecular weight is 801 g/mol. The van der Waals surface area contributed by atoms with Crippen molar-refractivity contribution in [3.8, 4) is 0 Å². The van der Waals surface area contributed by atoms with E-state index in [0.717, 1.165) is 0 Å². The molecule has 28 valence electrons. The molecule has 0 amide bonds. The topological polar surface area (TPSA) is 0 Å². The molecule has 0 rings (SSSR count). The zero-order valence-corrected chi connectivity index (χ0v) is 16.1. The molecule has 0 atom stereocenters. The maximum Gasteiger partial charge on any atom is 3.00 e. The average Bonchev–Trinajstić information content (AvgIpc) is 0. The van der Waals surface area contributed by atoms with Gasteiger partial charge in [0, 0.05) is 0 Å². The minimum absolute atomic E-state index is 0. The molecule has 0 bridgehead atoms. The summed E-state index contributed by atoms with van der Waals surface area (Å²) in [5.41, 5.74) is 0. The molecular formula is Bi2Te3. The zero-order chi connectivity index (χ0) is 0. The number of hydrogen-bond acceptors (Lipinski definition) is 0. The summed E-state index contributed by atoms with van der Waals surface area (Å²) in [6.45, 7) is 0. The van der Waals surface area contributed by atoms with Crippen LogP contribution in [0.3, 0.4) is 0 Å². The van der Waals surface area contributed by atoms with Gasteiger partial charge in [-0.15, -0.1) is 0 Å². The second-order valence-corrected chi connectivity index (χ2v) is 0. The van der Waals surface area contributed by atoms with Crippen molar-refractivity contribution in [2.24, 2.45) is 0 Å². The van der Waals surface area contributed by atoms with Gasteiger partial charge in [-0.3, -0.25) is 0 Å². The summed E-state index contributed by atoms with van der Waals surface area (Å²) in [5, 5.41) is 0. The summed E-state index contributed by atoms with van der Waals surface area (Å²) < 4.78 is 0. The molecule has 0 aromatic heterocycles. The van der Waals surface area contributed by atoms with Gasteiger partial charge in [-0.1, -0.05) is 0 Å². The molecule has 0 N–H and O–H groups in total. The predicted octanol–water partition coefficient (Wildman–Crippen LogP) is -1.90. The van der Waals surface area contributed by atoms with Crippen molar-refractivity contribution in [2.75, 3.05) is 0 Å². The van der Waals surface area contributed by atoms with E-state index in [0.29, 0.717) is 0 Å². The first-order valence-corrected chi connectivity index (χ1v) is 0. The standard InChI is InChI=1S/2Bi.3Te/q2*+3;3*-2. The van der Waals surface area contributed by atoms with E-state index in [1.54, 1.807) is 0 Å². The fourth-order valence-corrected chi connectivity index (χ4v) is 0. The molecule has 0 unspecified atom stereocenters. The van der Waals surface area contributed by atoms with Crippen molar-refractivity contribution in [1.29, 1.82) is 0 Å². The van der Waals surface area contributed by atoms with Gasteiger partial charge in [0.1, 0.15) is 0 Å². The second kappa shape index (κ2) is 24.2. The summed E-state index contributed by atoms with van der Waals surface area (Å²) in [6.07, 6.45) is 0. The molecule has 0 heterocycles. The van der Waals surface area contributed by atoms with E-state index in [4.69, 9.17) is 0 Å². The quantitative estimate of drug-likeness (QED) is 0.252. The van der Waals surface area contributed by atoms with Gasteiger partial charge >= 0.3 is 52.4 Å². The minimum Gasteiger partial charge on any atom is -2.00 e. The number of rotatable bonds is 0. The third-order valence-electron chi connectivity index (χ3n) is 0. The van der Waals surface area contributed by atoms with Crippen LogP contribution in [0.15, 0.2) is 0 Å². The van der Waals surface area contributed by atoms with Crippen molar-refractivity contribution in [2.45, 2.75) is 0 Å². The zero-order valence-electron chi connectivity index (χ0n) is 2.12. The van der Waals surface area contributed by atoms with Gasteiger partial charge in [0.25, 0.3) is 0 Å². The van der Waals surface area contributed by atoms with E-state index in [1.807, 2.05) is 0 Å². The van der Waals surface area contributed by atoms with E-state index >= 15 is 0 Å². The van der Waals surface area contributed by atoms with Crippen LogP contribution in [0.4, 0.5) is 0 Å². The SMILES string of the molecule is [Bi+3].[Bi+3].[Te-2].[Te-2].[Te-2]. The molecule has 5 heteroatoms. The minimum atomic E-state index is 0. The van der Waals surface area contributed by atoms with Crippen LogP contribution in [-0.2, 0) is 0 Å². The molecule has 0 aliphatic heterocycles. The summed E-state index contributed by atoms with van der Waals surface area (Å²) in [7, 11) is 0. The van der Waals surface area contributed by atoms with Gasteiger partial charge in [0.15, 0.2) is 0 Å². The van der Waals surface area contributed by atoms with Crippen molar-refractivity contribution in [3.05, 3.63) is 0 Å². The summed E-state index contributed by atoms with van der Waals surface area (Å²) in [6, 6.07) is 0. The van der Waals surface area contributed by atoms with Gasteiger partial charge in [-0.25, -0.2) is 0 Å². The van der Waals surface area contributed by atoms with E-state index in [1.165, 1.54) is 0 Å². The van der Waals surface area contributed by atoms with Crippen molar-refractivity contribution in [1.82, 2.24) is 0 Å². The normalized spacial score (nSPS) is 0. The molecule has 0 nitrogen and oxygen atoms in total. The Bertz CT molecular complexity index is 4.85. The largest absolute Gasteiger partial charge is 3.00 e. The van der Waals surface area contributed by atoms with Crippen LogP contribution in [0.25, 0.3) is 0 Å². The molecular weight excluding hydrogens is 801 g/mol. The predicted molar refractivity (Wildman–Crippen MR) is 28.8 cm³/mol. The third-order valence-corrected chi connectivity index (χ3v) is 0. The Morgan fingerprint density at radius 3 is 0.400 bits per heavy atom. The van der Waals surface area contributed by atoms with E-state index in [9.17, 15) is 0 Å². The Kier molecular flexibility index (Phi) is 171. The fraction of sp³-hybridized carbons (Fsp3) is 0. The third kappa shape index (κ3) is 17.9. The Morgan fingerprint density at radius 2 is 0.400 bits per heavy atom. The van der Waals surface area contributed by atoms with Crippen LogP contribution in [0.2, 0.25) is 0 Å². The van der Waals surface area contributed by atoms with Gasteiger partial charge in [-0.2, -0.15) is 0 Å². The summed E-state index contributed by atoms with van der Waals surface area (Å²) >= 11 is 0. The first-order chi connectivity index (χ1) is 0. The van der Waals surface area contributed by atoms with Gasteiger partial charge in [0.05, 0.1) is 0 Å². The molecule has 0 aromatic rings. The van der Waals surface area contributed by atoms with Gasteiger partial charge < -0.3 is 71.0 Å². The van der Waals surface area contributed by atoms with Crippen LogP contribution in [0, 0.1) is 0 Å². The van der Waals surface area contributed by atoms with Gasteiger partial charge in [-0.05, 0) is 0 Å². The van der Waals surface area contributed by atoms with Gasteiger partial charge in [0.2, 0.25) is 0 Å². The van der Waals surface area contributed by atoms with Crippen LogP contribution in [-0.4, -0.2) is 123 Å². The summed E-state index contributed by atoms with van der Waals surface area (Å²) in [5.74, 6) is 0. The Hall–Kier alpha value is 4.14. The molecule has 0 aromatic carbocycles. The van der Waals surface area contributed by atoms with Crippen molar-refractivity contribution < 1.29 is 0 Å². The molecule has 0 aliphatic carbocycles. The van der Waals surface area contributed by atoms with E-state index in [-0.39, 0.29) is 123 Å². The van der Waals surface area contributed by atoms with Crippen LogP contribution < -0.4 is 0 Å². The first kappa shape index (κ1) is 35.4. The van der Waals surface area contributed by atoms with Crippen molar-refractivity contribution in [3.63, 3.8) is 0 Å². The number of hydrogen-bond donors (Lipinski definition) is 0. The van der Waals surface area contributed by atoms with Crippen LogP contribution in [0.5, 0.6) is 0 Å². The van der Waals surface area contributed by atoms with Crippen molar-refractivity contribution >= 4 is 123 Å². The maximum absolute atomic E-state index is 0. The molecule has 5 heavy (non-hydrogen) atoms. The van der Waals surface area contributed by atoms with Crippen LogP contribution in [0.1, 0.15) is 0 Å². The maximum atomic E-state index is 0. The van der Waals surface area contributed by atoms with Crippen LogP contribution >= 0.6 is 0 Å². The Morgan fingerprint density at radius 1 is 0.400 bits per heavy atom. The molecule has 0 fully saturated rings. The van der Waals surface area contributed by atoms with E-state index in [2.05, 4.69) is 0 Å². The molecule has 0 saturated carbocycles. The fourth-order valence-electron chi connectivity index (χ4n) is 0. The molecule has 0 aliphatic rings. The molecule has 4 radical (unpaired) electrons. The first-order valence-electron chi connectivity index (χ1n) is 0. The molecule has 0 spiro atoms. The second-order valence-electron chi connectivity index (χ2n) is 0. The monoisotopic (exact) mass is 808 g/mol. The Balaban J connectivity index is 0.